The van der Waals surface area contributed by atoms with Crippen molar-refractivity contribution in [2.45, 2.75) is 19.8 Å². The molecule has 1 aliphatic rings. The van der Waals surface area contributed by atoms with Gasteiger partial charge in [0.15, 0.2) is 0 Å². The number of carbonyl (C=O) groups is 2. The largest absolute Gasteiger partial charge is 0.481 e. The molecular formula is C13H18N2O3S. The first kappa shape index (κ1) is 13.9. The van der Waals surface area contributed by atoms with Crippen LogP contribution in [0.4, 0.5) is 4.79 Å². The molecule has 0 radical (unpaired) electrons. The number of urea groups is 1. The summed E-state index contributed by atoms with van der Waals surface area (Å²) in [6.45, 7) is 3.50. The Balaban J connectivity index is 1.73. The van der Waals surface area contributed by atoms with Crippen LogP contribution in [-0.4, -0.2) is 41.6 Å². The number of carboxylic acid groups (broad SMARTS) is 1. The van der Waals surface area contributed by atoms with E-state index in [-0.39, 0.29) is 6.03 Å². The standard InChI is InChI=1S/C13H18N2O3S/c1-9-4-7-19-11(9)2-5-14-13(18)15-6-3-10(8-15)12(16)17/h4,7,10H,2-3,5-6,8H2,1H3,(H,14,18)(H,16,17). The van der Waals surface area contributed by atoms with E-state index in [1.54, 1.807) is 16.2 Å². The lowest BCUT2D eigenvalue weighted by atomic mass is 10.1. The van der Waals surface area contributed by atoms with Gasteiger partial charge in [0.05, 0.1) is 5.92 Å². The minimum atomic E-state index is -0.815. The van der Waals surface area contributed by atoms with Crippen molar-refractivity contribution in [2.24, 2.45) is 5.92 Å². The van der Waals surface area contributed by atoms with Crippen molar-refractivity contribution < 1.29 is 14.7 Å². The molecule has 1 aliphatic heterocycles. The molecule has 2 N–H and O–H groups in total. The molecule has 0 aliphatic carbocycles. The van der Waals surface area contributed by atoms with Crippen molar-refractivity contribution in [1.29, 1.82) is 0 Å². The fraction of sp³-hybridized carbons (Fsp3) is 0.538. The van der Waals surface area contributed by atoms with Gasteiger partial charge in [0.2, 0.25) is 0 Å². The van der Waals surface area contributed by atoms with E-state index in [2.05, 4.69) is 18.3 Å². The summed E-state index contributed by atoms with van der Waals surface area (Å²) in [6.07, 6.45) is 1.37. The molecule has 6 heteroatoms. The second-order valence-electron chi connectivity index (χ2n) is 4.78. The van der Waals surface area contributed by atoms with Crippen LogP contribution in [-0.2, 0) is 11.2 Å². The molecule has 1 fully saturated rings. The fourth-order valence-electron chi connectivity index (χ4n) is 2.20. The third kappa shape index (κ3) is 3.47. The number of amides is 2. The topological polar surface area (TPSA) is 69.6 Å². The van der Waals surface area contributed by atoms with Gasteiger partial charge in [-0.15, -0.1) is 11.3 Å². The summed E-state index contributed by atoms with van der Waals surface area (Å²) < 4.78 is 0. The van der Waals surface area contributed by atoms with Crippen LogP contribution < -0.4 is 5.32 Å². The number of aryl methyl sites for hydroxylation is 1. The van der Waals surface area contributed by atoms with Gasteiger partial charge in [-0.05, 0) is 36.8 Å². The van der Waals surface area contributed by atoms with Crippen LogP contribution in [0, 0.1) is 12.8 Å². The van der Waals surface area contributed by atoms with Gasteiger partial charge in [0.1, 0.15) is 0 Å². The van der Waals surface area contributed by atoms with Gasteiger partial charge in [-0.25, -0.2) is 4.79 Å². The monoisotopic (exact) mass is 282 g/mol. The van der Waals surface area contributed by atoms with Gasteiger partial charge < -0.3 is 15.3 Å². The summed E-state index contributed by atoms with van der Waals surface area (Å²) in [6, 6.07) is 1.91. The molecule has 2 rings (SSSR count). The van der Waals surface area contributed by atoms with Crippen molar-refractivity contribution >= 4 is 23.3 Å². The summed E-state index contributed by atoms with van der Waals surface area (Å²) in [5.41, 5.74) is 1.26. The summed E-state index contributed by atoms with van der Waals surface area (Å²) in [5.74, 6) is -1.23. The maximum atomic E-state index is 11.9. The highest BCUT2D eigenvalue weighted by molar-refractivity contribution is 7.10. The van der Waals surface area contributed by atoms with Gasteiger partial charge in [0.25, 0.3) is 0 Å². The summed E-state index contributed by atoms with van der Waals surface area (Å²) >= 11 is 1.70. The van der Waals surface area contributed by atoms with E-state index in [0.717, 1.165) is 6.42 Å². The highest BCUT2D eigenvalue weighted by atomic mass is 32.1. The average Bonchev–Trinajstić information content (AvgIpc) is 2.98. The van der Waals surface area contributed by atoms with Gasteiger partial charge in [-0.2, -0.15) is 0 Å². The molecule has 19 heavy (non-hydrogen) atoms. The van der Waals surface area contributed by atoms with Crippen LogP contribution in [0.5, 0.6) is 0 Å². The van der Waals surface area contributed by atoms with Crippen LogP contribution >= 0.6 is 11.3 Å². The molecule has 0 spiro atoms. The molecule has 2 heterocycles. The Morgan fingerprint density at radius 1 is 1.58 bits per heavy atom. The van der Waals surface area contributed by atoms with Crippen LogP contribution in [0.2, 0.25) is 0 Å². The van der Waals surface area contributed by atoms with Crippen LogP contribution in [0.1, 0.15) is 16.9 Å². The lowest BCUT2D eigenvalue weighted by Crippen LogP contribution is -2.39. The number of carbonyl (C=O) groups excluding carboxylic acids is 1. The highest BCUT2D eigenvalue weighted by Crippen LogP contribution is 2.17. The molecule has 1 atom stereocenters. The third-order valence-corrected chi connectivity index (χ3v) is 4.50. The molecule has 104 valence electrons. The Hall–Kier alpha value is -1.56. The Morgan fingerprint density at radius 3 is 2.95 bits per heavy atom. The SMILES string of the molecule is Cc1ccsc1CCNC(=O)N1CCC(C(=O)O)C1. The zero-order valence-electron chi connectivity index (χ0n) is 10.9. The number of thiophene rings is 1. The summed E-state index contributed by atoms with van der Waals surface area (Å²) in [4.78, 5) is 25.5. The quantitative estimate of drug-likeness (QED) is 0.883. The second-order valence-corrected chi connectivity index (χ2v) is 5.78. The van der Waals surface area contributed by atoms with Crippen molar-refractivity contribution in [3.8, 4) is 0 Å². The lowest BCUT2D eigenvalue weighted by molar-refractivity contribution is -0.141. The zero-order valence-corrected chi connectivity index (χ0v) is 11.7. The second kappa shape index (κ2) is 6.06. The molecular weight excluding hydrogens is 264 g/mol. The molecule has 0 bridgehead atoms. The van der Waals surface area contributed by atoms with E-state index < -0.39 is 11.9 Å². The first-order valence-electron chi connectivity index (χ1n) is 6.36. The number of hydrogen-bond acceptors (Lipinski definition) is 3. The van der Waals surface area contributed by atoms with Crippen molar-refractivity contribution in [3.63, 3.8) is 0 Å². The van der Waals surface area contributed by atoms with E-state index in [1.807, 2.05) is 5.38 Å². The molecule has 1 unspecified atom stereocenters. The molecule has 0 aromatic carbocycles. The Labute approximate surface area is 116 Å². The minimum absolute atomic E-state index is 0.155. The van der Waals surface area contributed by atoms with Crippen LogP contribution in [0.3, 0.4) is 0 Å². The molecule has 0 saturated carbocycles. The first-order chi connectivity index (χ1) is 9.08. The van der Waals surface area contributed by atoms with Gasteiger partial charge in [-0.1, -0.05) is 0 Å². The zero-order chi connectivity index (χ0) is 13.8. The minimum Gasteiger partial charge on any atom is -0.481 e. The fourth-order valence-corrected chi connectivity index (χ4v) is 3.11. The predicted molar refractivity (Wildman–Crippen MR) is 73.5 cm³/mol. The molecule has 1 aromatic heterocycles. The summed E-state index contributed by atoms with van der Waals surface area (Å²) in [7, 11) is 0. The number of carboxylic acids is 1. The number of aliphatic carboxylic acids is 1. The summed E-state index contributed by atoms with van der Waals surface area (Å²) in [5, 5.41) is 13.8. The maximum absolute atomic E-state index is 11.9. The van der Waals surface area contributed by atoms with Crippen molar-refractivity contribution in [1.82, 2.24) is 10.2 Å². The lowest BCUT2D eigenvalue weighted by Gasteiger charge is -2.16. The van der Waals surface area contributed by atoms with E-state index in [0.29, 0.717) is 26.1 Å². The van der Waals surface area contributed by atoms with E-state index in [1.165, 1.54) is 10.4 Å². The van der Waals surface area contributed by atoms with Gasteiger partial charge in [0, 0.05) is 24.5 Å². The predicted octanol–water partition coefficient (Wildman–Crippen LogP) is 1.72. The molecule has 2 amide bonds. The maximum Gasteiger partial charge on any atom is 0.317 e. The number of nitrogens with zero attached hydrogens (tertiary/aromatic N) is 1. The number of nitrogens with one attached hydrogen (secondary N) is 1. The number of hydrogen-bond donors (Lipinski definition) is 2. The van der Waals surface area contributed by atoms with Crippen molar-refractivity contribution in [2.75, 3.05) is 19.6 Å². The average molecular weight is 282 g/mol. The van der Waals surface area contributed by atoms with Crippen LogP contribution in [0.25, 0.3) is 0 Å². The van der Waals surface area contributed by atoms with Crippen molar-refractivity contribution in [3.05, 3.63) is 21.9 Å². The van der Waals surface area contributed by atoms with Gasteiger partial charge in [-0.3, -0.25) is 4.79 Å². The first-order valence-corrected chi connectivity index (χ1v) is 7.24. The Bertz CT molecular complexity index is 472. The van der Waals surface area contributed by atoms with E-state index in [9.17, 15) is 9.59 Å². The van der Waals surface area contributed by atoms with E-state index >= 15 is 0 Å². The van der Waals surface area contributed by atoms with Gasteiger partial charge >= 0.3 is 12.0 Å². The normalized spacial score (nSPS) is 18.6. The van der Waals surface area contributed by atoms with Crippen LogP contribution in [0.15, 0.2) is 11.4 Å². The molecule has 5 nitrogen and oxygen atoms in total. The number of rotatable bonds is 4. The highest BCUT2D eigenvalue weighted by Gasteiger charge is 2.30. The smallest absolute Gasteiger partial charge is 0.317 e. The number of likely N-dealkylation sites (tertiary alicyclic amines) is 1. The Kier molecular flexibility index (Phi) is 4.42. The molecule has 1 aromatic rings. The third-order valence-electron chi connectivity index (χ3n) is 3.42. The Morgan fingerprint density at radius 2 is 2.37 bits per heavy atom. The molecule has 1 saturated heterocycles. The van der Waals surface area contributed by atoms with E-state index in [4.69, 9.17) is 5.11 Å².